The molecule has 0 aromatic carbocycles. The third-order valence-corrected chi connectivity index (χ3v) is 12.0. The van der Waals surface area contributed by atoms with Gasteiger partial charge in [-0.05, 0) is 141 Å². The van der Waals surface area contributed by atoms with Gasteiger partial charge in [0.15, 0.2) is 6.10 Å². The van der Waals surface area contributed by atoms with Crippen LogP contribution in [0.15, 0.2) is 158 Å². The summed E-state index contributed by atoms with van der Waals surface area (Å²) in [5.41, 5.74) is 0. The van der Waals surface area contributed by atoms with Gasteiger partial charge in [-0.2, -0.15) is 0 Å². The summed E-state index contributed by atoms with van der Waals surface area (Å²) in [4.78, 5) is 25.6. The van der Waals surface area contributed by atoms with Gasteiger partial charge < -0.3 is 14.2 Å². The Morgan fingerprint density at radius 2 is 0.608 bits per heavy atom. The molecule has 0 bridgehead atoms. The molecule has 0 amide bonds. The van der Waals surface area contributed by atoms with Crippen molar-refractivity contribution in [2.75, 3.05) is 19.8 Å². The molecule has 1 unspecified atom stereocenters. The molecule has 0 aromatic heterocycles. The number of rotatable bonds is 53. The molecule has 0 saturated heterocycles. The Bertz CT molecular complexity index is 1620. The van der Waals surface area contributed by atoms with Crippen LogP contribution in [0.25, 0.3) is 0 Å². The van der Waals surface area contributed by atoms with Crippen molar-refractivity contribution in [1.29, 1.82) is 0 Å². The lowest BCUT2D eigenvalue weighted by Gasteiger charge is -2.18. The third kappa shape index (κ3) is 60.1. The number of esters is 2. The Morgan fingerprint density at radius 1 is 0.311 bits per heavy atom. The van der Waals surface area contributed by atoms with E-state index < -0.39 is 6.10 Å². The number of carbonyl (C=O) groups excluding carboxylic acids is 2. The average Bonchev–Trinajstić information content (AvgIpc) is 3.40. The van der Waals surface area contributed by atoms with E-state index in [4.69, 9.17) is 14.2 Å². The number of unbranched alkanes of at least 4 members (excludes halogenated alkanes) is 16. The van der Waals surface area contributed by atoms with Gasteiger partial charge in [-0.25, -0.2) is 0 Å². The quantitative estimate of drug-likeness (QED) is 0.0345. The predicted octanol–water partition coefficient (Wildman–Crippen LogP) is 21.0. The van der Waals surface area contributed by atoms with Crippen molar-refractivity contribution in [3.63, 3.8) is 0 Å². The zero-order valence-corrected chi connectivity index (χ0v) is 47.8. The summed E-state index contributed by atoms with van der Waals surface area (Å²) in [6, 6.07) is 0. The van der Waals surface area contributed by atoms with Crippen LogP contribution in [0.2, 0.25) is 0 Å². The summed E-state index contributed by atoms with van der Waals surface area (Å²) in [5.74, 6) is -0.480. The van der Waals surface area contributed by atoms with Crippen LogP contribution in [-0.4, -0.2) is 37.9 Å². The van der Waals surface area contributed by atoms with Crippen LogP contribution >= 0.6 is 0 Å². The fourth-order valence-electron chi connectivity index (χ4n) is 7.64. The maximum absolute atomic E-state index is 12.9. The smallest absolute Gasteiger partial charge is 0.306 e. The summed E-state index contributed by atoms with van der Waals surface area (Å²) in [5, 5.41) is 0. The minimum atomic E-state index is -0.597. The molecule has 0 aliphatic rings. The molecule has 0 radical (unpaired) electrons. The number of carbonyl (C=O) groups is 2. The highest BCUT2D eigenvalue weighted by Crippen LogP contribution is 2.14. The second-order valence-electron chi connectivity index (χ2n) is 19.1. The maximum atomic E-state index is 12.9. The van der Waals surface area contributed by atoms with Crippen molar-refractivity contribution in [3.8, 4) is 0 Å². The first kappa shape index (κ1) is 69.5. The Labute approximate surface area is 456 Å². The Kier molecular flexibility index (Phi) is 59.0. The second-order valence-corrected chi connectivity index (χ2v) is 19.1. The first-order valence-corrected chi connectivity index (χ1v) is 30.0. The molecule has 5 nitrogen and oxygen atoms in total. The fourth-order valence-corrected chi connectivity index (χ4v) is 7.64. The van der Waals surface area contributed by atoms with Gasteiger partial charge in [0, 0.05) is 19.4 Å². The molecular formula is C69H110O5. The van der Waals surface area contributed by atoms with Crippen LogP contribution in [-0.2, 0) is 23.8 Å². The van der Waals surface area contributed by atoms with E-state index in [1.54, 1.807) is 0 Å². The molecule has 0 N–H and O–H groups in total. The number of ether oxygens (including phenoxy) is 3. The minimum absolute atomic E-state index is 0.0323. The standard InChI is InChI=1S/C69H110O5/c1-4-7-10-13-16-19-22-25-28-31-34-37-40-43-46-49-52-55-58-61-64-72-65-67(74-69(71)63-60-57-54-51-48-45-42-39-36-33-30-27-24-21-18-15-12-9-6-3)66-73-68(70)62-59-56-53-50-47-44-41-38-35-32-29-26-23-20-17-14-11-8-5-2/h7-8,10-11,16-21,25-30,34-35,37-38,43-44,46-47,52,55,67H,4-6,9,12-15,22-24,31-33,36,39-42,45,48-51,53-54,56-66H2,1-3H3/b10-7-,11-8-,19-16-,20-17-,21-18-,28-25-,29-26-,30-27-,37-34-,38-35-,46-43-,47-44-,55-52-. The van der Waals surface area contributed by atoms with Gasteiger partial charge in [0.1, 0.15) is 6.61 Å². The average molecular weight is 1020 g/mol. The van der Waals surface area contributed by atoms with Crippen molar-refractivity contribution in [2.45, 2.75) is 245 Å². The molecule has 5 heteroatoms. The first-order chi connectivity index (χ1) is 36.6. The van der Waals surface area contributed by atoms with Gasteiger partial charge in [0.2, 0.25) is 0 Å². The van der Waals surface area contributed by atoms with Crippen molar-refractivity contribution in [1.82, 2.24) is 0 Å². The zero-order valence-electron chi connectivity index (χ0n) is 47.8. The molecule has 0 aliphatic heterocycles. The lowest BCUT2D eigenvalue weighted by atomic mass is 10.1. The van der Waals surface area contributed by atoms with Crippen molar-refractivity contribution >= 4 is 11.9 Å². The first-order valence-electron chi connectivity index (χ1n) is 30.0. The van der Waals surface area contributed by atoms with Crippen molar-refractivity contribution in [3.05, 3.63) is 158 Å². The lowest BCUT2D eigenvalue weighted by molar-refractivity contribution is -0.163. The number of hydrogen-bond donors (Lipinski definition) is 0. The minimum Gasteiger partial charge on any atom is -0.462 e. The predicted molar refractivity (Wildman–Crippen MR) is 324 cm³/mol. The normalized spacial score (nSPS) is 13.4. The van der Waals surface area contributed by atoms with Gasteiger partial charge in [-0.15, -0.1) is 0 Å². The monoisotopic (exact) mass is 1020 g/mol. The molecule has 74 heavy (non-hydrogen) atoms. The van der Waals surface area contributed by atoms with Gasteiger partial charge in [-0.1, -0.05) is 243 Å². The molecule has 0 aliphatic carbocycles. The van der Waals surface area contributed by atoms with E-state index in [9.17, 15) is 9.59 Å². The van der Waals surface area contributed by atoms with Crippen LogP contribution in [0.1, 0.15) is 239 Å². The fraction of sp³-hybridized carbons (Fsp3) is 0.594. The van der Waals surface area contributed by atoms with Crippen LogP contribution < -0.4 is 0 Å². The third-order valence-electron chi connectivity index (χ3n) is 12.0. The molecule has 1 atom stereocenters. The van der Waals surface area contributed by atoms with Crippen molar-refractivity contribution in [2.24, 2.45) is 0 Å². The van der Waals surface area contributed by atoms with Gasteiger partial charge in [0.25, 0.3) is 0 Å². The summed E-state index contributed by atoms with van der Waals surface area (Å²) in [7, 11) is 0. The lowest BCUT2D eigenvalue weighted by Crippen LogP contribution is -2.30. The van der Waals surface area contributed by atoms with E-state index in [-0.39, 0.29) is 25.2 Å². The maximum Gasteiger partial charge on any atom is 0.306 e. The summed E-state index contributed by atoms with van der Waals surface area (Å²) >= 11 is 0. The van der Waals surface area contributed by atoms with E-state index in [2.05, 4.69) is 179 Å². The summed E-state index contributed by atoms with van der Waals surface area (Å²) in [6.07, 6.45) is 92.8. The number of allylic oxidation sites excluding steroid dienone is 26. The summed E-state index contributed by atoms with van der Waals surface area (Å²) in [6.45, 7) is 7.38. The van der Waals surface area contributed by atoms with E-state index in [0.717, 1.165) is 135 Å². The second kappa shape index (κ2) is 62.8. The van der Waals surface area contributed by atoms with Crippen LogP contribution in [0.3, 0.4) is 0 Å². The highest BCUT2D eigenvalue weighted by Gasteiger charge is 2.17. The Balaban J connectivity index is 4.49. The molecule has 0 spiro atoms. The van der Waals surface area contributed by atoms with Crippen LogP contribution in [0, 0.1) is 0 Å². The largest absolute Gasteiger partial charge is 0.462 e. The molecule has 0 fully saturated rings. The summed E-state index contributed by atoms with van der Waals surface area (Å²) < 4.78 is 17.4. The van der Waals surface area contributed by atoms with Gasteiger partial charge in [0.05, 0.1) is 6.61 Å². The Hall–Kier alpha value is -4.48. The van der Waals surface area contributed by atoms with Crippen LogP contribution in [0.5, 0.6) is 0 Å². The molecular weight excluding hydrogens is 909 g/mol. The van der Waals surface area contributed by atoms with Crippen LogP contribution in [0.4, 0.5) is 0 Å². The highest BCUT2D eigenvalue weighted by molar-refractivity contribution is 5.70. The van der Waals surface area contributed by atoms with E-state index in [1.807, 2.05) is 0 Å². The molecule has 0 rings (SSSR count). The Morgan fingerprint density at radius 3 is 0.986 bits per heavy atom. The molecule has 0 saturated carbocycles. The van der Waals surface area contributed by atoms with E-state index >= 15 is 0 Å². The molecule has 416 valence electrons. The van der Waals surface area contributed by atoms with E-state index in [1.165, 1.54) is 70.6 Å². The van der Waals surface area contributed by atoms with Crippen molar-refractivity contribution < 1.29 is 23.8 Å². The molecule has 0 aromatic rings. The number of hydrogen-bond acceptors (Lipinski definition) is 5. The molecule has 0 heterocycles. The zero-order chi connectivity index (χ0) is 53.4. The van der Waals surface area contributed by atoms with Gasteiger partial charge in [-0.3, -0.25) is 9.59 Å². The highest BCUT2D eigenvalue weighted by atomic mass is 16.6. The SMILES string of the molecule is CC/C=C\C/C=C\C/C=C\C/C=C\C/C=C\C/C=C\CCCOCC(COC(=O)CCCCC/C=C\C/C=C\C/C=C\C/C=C\C/C=C\CC)OC(=O)CCCCCCCCCCC/C=C\C/C=C\CCCCC. The topological polar surface area (TPSA) is 61.8 Å². The van der Waals surface area contributed by atoms with E-state index in [0.29, 0.717) is 19.4 Å². The van der Waals surface area contributed by atoms with Gasteiger partial charge >= 0.3 is 11.9 Å².